The van der Waals surface area contributed by atoms with Crippen molar-refractivity contribution in [3.05, 3.63) is 0 Å². The number of fused-ring (bicyclic) bond motifs is 3. The van der Waals surface area contributed by atoms with Gasteiger partial charge in [0.05, 0.1) is 5.92 Å². The molecule has 2 N–H and O–H groups in total. The van der Waals surface area contributed by atoms with Crippen LogP contribution in [0.15, 0.2) is 0 Å². The summed E-state index contributed by atoms with van der Waals surface area (Å²) in [4.78, 5) is 15.2. The van der Waals surface area contributed by atoms with Gasteiger partial charge in [0.2, 0.25) is 5.91 Å². The molecule has 6 atom stereocenters. The molecule has 106 valence electrons. The van der Waals surface area contributed by atoms with Gasteiger partial charge in [-0.05, 0) is 62.7 Å². The van der Waals surface area contributed by atoms with Crippen LogP contribution in [0.4, 0.5) is 0 Å². The summed E-state index contributed by atoms with van der Waals surface area (Å²) in [6.07, 6.45) is 10.2. The molecular formula is C16H26N2O. The Morgan fingerprint density at radius 2 is 1.74 bits per heavy atom. The monoisotopic (exact) mass is 262 g/mol. The number of hydrogen-bond donors (Lipinski definition) is 1. The van der Waals surface area contributed by atoms with Crippen LogP contribution in [0.1, 0.15) is 51.4 Å². The van der Waals surface area contributed by atoms with E-state index >= 15 is 0 Å². The van der Waals surface area contributed by atoms with E-state index in [-0.39, 0.29) is 12.0 Å². The molecule has 4 aliphatic rings. The van der Waals surface area contributed by atoms with Gasteiger partial charge < -0.3 is 10.6 Å². The average molecular weight is 262 g/mol. The first kappa shape index (κ1) is 12.2. The maximum absolute atomic E-state index is 13.0. The SMILES string of the molecule is NC1C2CCC(C2)C1C(=O)N1CCCC2CCCC21. The molecule has 3 aliphatic carbocycles. The number of carbonyl (C=O) groups is 1. The minimum absolute atomic E-state index is 0.160. The van der Waals surface area contributed by atoms with E-state index in [9.17, 15) is 4.79 Å². The number of hydrogen-bond acceptors (Lipinski definition) is 2. The van der Waals surface area contributed by atoms with Crippen LogP contribution in [0.2, 0.25) is 0 Å². The van der Waals surface area contributed by atoms with Crippen molar-refractivity contribution >= 4 is 5.91 Å². The molecule has 0 aromatic rings. The van der Waals surface area contributed by atoms with Crippen LogP contribution < -0.4 is 5.73 Å². The Hall–Kier alpha value is -0.570. The maximum Gasteiger partial charge on any atom is 0.227 e. The molecule has 6 unspecified atom stereocenters. The van der Waals surface area contributed by atoms with E-state index in [1.807, 2.05) is 0 Å². The number of nitrogens with zero attached hydrogens (tertiary/aromatic N) is 1. The Bertz CT molecular complexity index is 381. The van der Waals surface area contributed by atoms with Crippen LogP contribution in [0.5, 0.6) is 0 Å². The normalized spacial score (nSPS) is 48.6. The number of amides is 1. The Kier molecular flexibility index (Phi) is 2.87. The lowest BCUT2D eigenvalue weighted by molar-refractivity contribution is -0.142. The predicted octanol–water partition coefficient (Wildman–Crippen LogP) is 2.15. The van der Waals surface area contributed by atoms with Gasteiger partial charge in [-0.25, -0.2) is 0 Å². The number of carbonyl (C=O) groups excluding carboxylic acids is 1. The summed E-state index contributed by atoms with van der Waals surface area (Å²) >= 11 is 0. The molecule has 4 rings (SSSR count). The molecular weight excluding hydrogens is 236 g/mol. The van der Waals surface area contributed by atoms with Gasteiger partial charge in [-0.1, -0.05) is 6.42 Å². The molecule has 0 aromatic carbocycles. The zero-order valence-electron chi connectivity index (χ0n) is 11.8. The van der Waals surface area contributed by atoms with E-state index in [1.165, 1.54) is 51.4 Å². The summed E-state index contributed by atoms with van der Waals surface area (Å²) in [7, 11) is 0. The summed E-state index contributed by atoms with van der Waals surface area (Å²) < 4.78 is 0. The van der Waals surface area contributed by atoms with Gasteiger partial charge >= 0.3 is 0 Å². The number of piperidine rings is 1. The van der Waals surface area contributed by atoms with Crippen molar-refractivity contribution in [2.24, 2.45) is 29.4 Å². The topological polar surface area (TPSA) is 46.3 Å². The largest absolute Gasteiger partial charge is 0.339 e. The lowest BCUT2D eigenvalue weighted by Crippen LogP contribution is -2.53. The molecule has 0 radical (unpaired) electrons. The number of nitrogens with two attached hydrogens (primary N) is 1. The van der Waals surface area contributed by atoms with Crippen molar-refractivity contribution in [3.8, 4) is 0 Å². The number of likely N-dealkylation sites (tertiary alicyclic amines) is 1. The van der Waals surface area contributed by atoms with Crippen LogP contribution in [-0.2, 0) is 4.79 Å². The Morgan fingerprint density at radius 3 is 2.53 bits per heavy atom. The minimum Gasteiger partial charge on any atom is -0.339 e. The first-order chi connectivity index (χ1) is 9.25. The molecule has 3 saturated carbocycles. The highest BCUT2D eigenvalue weighted by atomic mass is 16.2. The fourth-order valence-electron chi connectivity index (χ4n) is 5.62. The molecule has 1 amide bonds. The highest BCUT2D eigenvalue weighted by Crippen LogP contribution is 2.49. The van der Waals surface area contributed by atoms with Gasteiger partial charge in [0, 0.05) is 18.6 Å². The van der Waals surface area contributed by atoms with Gasteiger partial charge in [-0.15, -0.1) is 0 Å². The molecule has 0 aromatic heterocycles. The van der Waals surface area contributed by atoms with Gasteiger partial charge in [0.15, 0.2) is 0 Å². The lowest BCUT2D eigenvalue weighted by Gasteiger charge is -2.41. The van der Waals surface area contributed by atoms with Gasteiger partial charge in [0.25, 0.3) is 0 Å². The molecule has 2 bridgehead atoms. The van der Waals surface area contributed by atoms with E-state index in [4.69, 9.17) is 5.73 Å². The molecule has 1 heterocycles. The third kappa shape index (κ3) is 1.77. The maximum atomic E-state index is 13.0. The molecule has 1 aliphatic heterocycles. The summed E-state index contributed by atoms with van der Waals surface area (Å²) in [6, 6.07) is 0.723. The van der Waals surface area contributed by atoms with E-state index in [0.29, 0.717) is 23.8 Å². The fraction of sp³-hybridized carbons (Fsp3) is 0.938. The molecule has 0 spiro atoms. The van der Waals surface area contributed by atoms with Crippen molar-refractivity contribution in [2.75, 3.05) is 6.54 Å². The molecule has 4 fully saturated rings. The highest BCUT2D eigenvalue weighted by Gasteiger charge is 2.51. The van der Waals surface area contributed by atoms with Crippen molar-refractivity contribution < 1.29 is 4.79 Å². The van der Waals surface area contributed by atoms with E-state index in [2.05, 4.69) is 4.90 Å². The van der Waals surface area contributed by atoms with E-state index in [0.717, 1.165) is 12.5 Å². The first-order valence-corrected chi connectivity index (χ1v) is 8.32. The standard InChI is InChI=1S/C16H26N2O/c17-15-12-7-6-11(9-12)14(15)16(19)18-8-2-4-10-3-1-5-13(10)18/h10-15H,1-9,17H2. The second kappa shape index (κ2) is 4.47. The number of rotatable bonds is 1. The van der Waals surface area contributed by atoms with E-state index in [1.54, 1.807) is 0 Å². The van der Waals surface area contributed by atoms with Gasteiger partial charge in [0.1, 0.15) is 0 Å². The Labute approximate surface area is 115 Å². The zero-order chi connectivity index (χ0) is 13.0. The zero-order valence-corrected chi connectivity index (χ0v) is 11.8. The summed E-state index contributed by atoms with van der Waals surface area (Å²) in [5, 5.41) is 0. The minimum atomic E-state index is 0.160. The second-order valence-electron chi connectivity index (χ2n) is 7.37. The van der Waals surface area contributed by atoms with Crippen LogP contribution in [0.3, 0.4) is 0 Å². The first-order valence-electron chi connectivity index (χ1n) is 8.32. The van der Waals surface area contributed by atoms with Crippen molar-refractivity contribution in [1.29, 1.82) is 0 Å². The van der Waals surface area contributed by atoms with Crippen molar-refractivity contribution in [1.82, 2.24) is 4.90 Å². The third-order valence-corrected chi connectivity index (χ3v) is 6.54. The molecule has 1 saturated heterocycles. The molecule has 3 heteroatoms. The van der Waals surface area contributed by atoms with Crippen molar-refractivity contribution in [2.45, 2.75) is 63.5 Å². The summed E-state index contributed by atoms with van der Waals surface area (Å²) in [5.41, 5.74) is 6.36. The van der Waals surface area contributed by atoms with Gasteiger partial charge in [-0.2, -0.15) is 0 Å². The predicted molar refractivity (Wildman–Crippen MR) is 74.4 cm³/mol. The van der Waals surface area contributed by atoms with Crippen LogP contribution >= 0.6 is 0 Å². The quantitative estimate of drug-likeness (QED) is 0.787. The van der Waals surface area contributed by atoms with Crippen LogP contribution in [0.25, 0.3) is 0 Å². The second-order valence-corrected chi connectivity index (χ2v) is 7.37. The summed E-state index contributed by atoms with van der Waals surface area (Å²) in [5.74, 6) is 2.64. The van der Waals surface area contributed by atoms with Crippen LogP contribution in [0, 0.1) is 23.7 Å². The summed E-state index contributed by atoms with van der Waals surface area (Å²) in [6.45, 7) is 1.00. The Morgan fingerprint density at radius 1 is 0.947 bits per heavy atom. The molecule has 3 nitrogen and oxygen atoms in total. The fourth-order valence-corrected chi connectivity index (χ4v) is 5.62. The van der Waals surface area contributed by atoms with Gasteiger partial charge in [-0.3, -0.25) is 4.79 Å². The highest BCUT2D eigenvalue weighted by molar-refractivity contribution is 5.81. The van der Waals surface area contributed by atoms with Crippen molar-refractivity contribution in [3.63, 3.8) is 0 Å². The molecule has 19 heavy (non-hydrogen) atoms. The lowest BCUT2D eigenvalue weighted by atomic mass is 9.82. The Balaban J connectivity index is 1.53. The van der Waals surface area contributed by atoms with E-state index < -0.39 is 0 Å². The van der Waals surface area contributed by atoms with Crippen LogP contribution in [-0.4, -0.2) is 29.4 Å². The third-order valence-electron chi connectivity index (χ3n) is 6.54. The average Bonchev–Trinajstić information content (AvgIpc) is 3.12. The smallest absolute Gasteiger partial charge is 0.227 e.